The summed E-state index contributed by atoms with van der Waals surface area (Å²) in [5.74, 6) is -5.12. The van der Waals surface area contributed by atoms with Gasteiger partial charge in [-0.1, -0.05) is 5.16 Å². The highest BCUT2D eigenvalue weighted by molar-refractivity contribution is 8.00. The van der Waals surface area contributed by atoms with Crippen molar-refractivity contribution in [2.75, 3.05) is 24.7 Å². The fourth-order valence-corrected chi connectivity index (χ4v) is 2.72. The molecule has 29 heavy (non-hydrogen) atoms. The number of carboxylic acid groups (broad SMARTS) is 2. The summed E-state index contributed by atoms with van der Waals surface area (Å²) < 4.78 is 4.69. The number of carboxylic acids is 2. The second kappa shape index (κ2) is 14.2. The summed E-state index contributed by atoms with van der Waals surface area (Å²) in [6.45, 7) is 0.956. The van der Waals surface area contributed by atoms with Crippen LogP contribution in [-0.4, -0.2) is 87.6 Å². The highest BCUT2D eigenvalue weighted by atomic mass is 32.2. The van der Waals surface area contributed by atoms with Crippen LogP contribution in [0.1, 0.15) is 19.8 Å². The lowest BCUT2D eigenvalue weighted by Crippen LogP contribution is -2.49. The Bertz CT molecular complexity index is 641. The SMILES string of the molecule is CCOC(=O)/C(CSCC(NC(=O)CCC(N)C(=O)O)C(=O)NCC(=O)O)=N\O. The number of ether oxygens (including phenoxy) is 1. The van der Waals surface area contributed by atoms with E-state index in [0.29, 0.717) is 0 Å². The molecule has 0 heterocycles. The van der Waals surface area contributed by atoms with Crippen LogP contribution in [0.2, 0.25) is 0 Å². The second-order valence-corrected chi connectivity index (χ2v) is 6.53. The fourth-order valence-electron chi connectivity index (χ4n) is 1.76. The lowest BCUT2D eigenvalue weighted by molar-refractivity contribution is -0.139. The van der Waals surface area contributed by atoms with Crippen LogP contribution in [0.4, 0.5) is 0 Å². The minimum Gasteiger partial charge on any atom is -0.480 e. The van der Waals surface area contributed by atoms with Gasteiger partial charge in [-0.25, -0.2) is 4.79 Å². The molecule has 14 heteroatoms. The molecular formula is C15H24N4O9S. The largest absolute Gasteiger partial charge is 0.480 e. The van der Waals surface area contributed by atoms with Gasteiger partial charge >= 0.3 is 17.9 Å². The van der Waals surface area contributed by atoms with E-state index in [2.05, 4.69) is 20.5 Å². The normalized spacial score (nSPS) is 13.1. The quantitative estimate of drug-likeness (QED) is 0.0756. The lowest BCUT2D eigenvalue weighted by atomic mass is 10.1. The molecule has 0 radical (unpaired) electrons. The Hall–Kier alpha value is -2.87. The van der Waals surface area contributed by atoms with Gasteiger partial charge < -0.3 is 36.5 Å². The van der Waals surface area contributed by atoms with E-state index >= 15 is 0 Å². The molecule has 0 fully saturated rings. The van der Waals surface area contributed by atoms with Crippen LogP contribution in [-0.2, 0) is 28.7 Å². The number of nitrogens with zero attached hydrogens (tertiary/aromatic N) is 1. The third kappa shape index (κ3) is 11.5. The molecule has 0 aromatic rings. The molecule has 0 aromatic carbocycles. The van der Waals surface area contributed by atoms with Crippen molar-refractivity contribution in [1.82, 2.24) is 10.6 Å². The molecule has 0 aromatic heterocycles. The van der Waals surface area contributed by atoms with Crippen LogP contribution in [0.25, 0.3) is 0 Å². The van der Waals surface area contributed by atoms with Crippen LogP contribution in [0.15, 0.2) is 5.16 Å². The van der Waals surface area contributed by atoms with Gasteiger partial charge in [0.1, 0.15) is 18.6 Å². The average Bonchev–Trinajstić information content (AvgIpc) is 2.66. The molecule has 2 atom stereocenters. The summed E-state index contributed by atoms with van der Waals surface area (Å²) in [5, 5.41) is 33.5. The van der Waals surface area contributed by atoms with Crippen molar-refractivity contribution in [3.8, 4) is 0 Å². The molecular weight excluding hydrogens is 412 g/mol. The maximum absolute atomic E-state index is 12.1. The van der Waals surface area contributed by atoms with Crippen LogP contribution in [0, 0.1) is 0 Å². The van der Waals surface area contributed by atoms with E-state index in [0.717, 1.165) is 11.8 Å². The summed E-state index contributed by atoms with van der Waals surface area (Å²) >= 11 is 0.949. The van der Waals surface area contributed by atoms with Gasteiger partial charge in [0.25, 0.3) is 0 Å². The average molecular weight is 436 g/mol. The van der Waals surface area contributed by atoms with Crippen molar-refractivity contribution < 1.29 is 44.1 Å². The Morgan fingerprint density at radius 3 is 2.38 bits per heavy atom. The van der Waals surface area contributed by atoms with Gasteiger partial charge in [0, 0.05) is 17.9 Å². The van der Waals surface area contributed by atoms with Crippen molar-refractivity contribution in [2.24, 2.45) is 10.9 Å². The van der Waals surface area contributed by atoms with E-state index in [1.165, 1.54) is 0 Å². The first kappa shape index (κ1) is 26.1. The Morgan fingerprint density at radius 1 is 1.21 bits per heavy atom. The first-order chi connectivity index (χ1) is 13.6. The zero-order chi connectivity index (χ0) is 22.4. The molecule has 0 aliphatic carbocycles. The smallest absolute Gasteiger partial charge is 0.356 e. The van der Waals surface area contributed by atoms with Crippen molar-refractivity contribution in [3.63, 3.8) is 0 Å². The minimum absolute atomic E-state index is 0.0667. The number of nitrogens with two attached hydrogens (primary N) is 1. The number of oxime groups is 1. The van der Waals surface area contributed by atoms with Crippen molar-refractivity contribution in [2.45, 2.75) is 31.8 Å². The second-order valence-electron chi connectivity index (χ2n) is 5.50. The number of nitrogens with one attached hydrogen (secondary N) is 2. The van der Waals surface area contributed by atoms with Crippen LogP contribution in [0.3, 0.4) is 0 Å². The molecule has 0 aliphatic rings. The fraction of sp³-hybridized carbons (Fsp3) is 0.600. The maximum atomic E-state index is 12.1. The number of rotatable bonds is 14. The number of carbonyl (C=O) groups excluding carboxylic acids is 3. The Balaban J connectivity index is 4.86. The summed E-state index contributed by atoms with van der Waals surface area (Å²) in [6, 6.07) is -2.43. The molecule has 0 aliphatic heterocycles. The van der Waals surface area contributed by atoms with Gasteiger partial charge in [-0.2, -0.15) is 11.8 Å². The van der Waals surface area contributed by atoms with Gasteiger partial charge in [0.05, 0.1) is 6.61 Å². The van der Waals surface area contributed by atoms with Crippen molar-refractivity contribution in [1.29, 1.82) is 0 Å². The Kier molecular flexibility index (Phi) is 12.8. The predicted molar refractivity (Wildman–Crippen MR) is 101 cm³/mol. The number of hydrogen-bond acceptors (Lipinski definition) is 10. The van der Waals surface area contributed by atoms with E-state index in [9.17, 15) is 24.0 Å². The predicted octanol–water partition coefficient (Wildman–Crippen LogP) is -2.01. The molecule has 164 valence electrons. The highest BCUT2D eigenvalue weighted by Crippen LogP contribution is 2.07. The summed E-state index contributed by atoms with van der Waals surface area (Å²) in [7, 11) is 0. The number of hydrogen-bond donors (Lipinski definition) is 6. The number of aliphatic carboxylic acids is 2. The summed E-state index contributed by atoms with van der Waals surface area (Å²) in [4.78, 5) is 56.9. The maximum Gasteiger partial charge on any atom is 0.356 e. The molecule has 2 amide bonds. The van der Waals surface area contributed by atoms with Gasteiger partial charge in [0.15, 0.2) is 5.71 Å². The van der Waals surface area contributed by atoms with Crippen LogP contribution in [0.5, 0.6) is 0 Å². The molecule has 0 saturated carbocycles. The van der Waals surface area contributed by atoms with E-state index in [-0.39, 0.29) is 36.7 Å². The third-order valence-corrected chi connectivity index (χ3v) is 4.27. The van der Waals surface area contributed by atoms with Crippen LogP contribution < -0.4 is 16.4 Å². The summed E-state index contributed by atoms with van der Waals surface area (Å²) in [5.41, 5.74) is 5.00. The van der Waals surface area contributed by atoms with Crippen molar-refractivity contribution in [3.05, 3.63) is 0 Å². The number of thioether (sulfide) groups is 1. The molecule has 7 N–H and O–H groups in total. The summed E-state index contributed by atoms with van der Waals surface area (Å²) in [6.07, 6.45) is -0.436. The first-order valence-corrected chi connectivity index (χ1v) is 9.50. The molecule has 0 spiro atoms. The van der Waals surface area contributed by atoms with Crippen molar-refractivity contribution >= 4 is 47.2 Å². The minimum atomic E-state index is -1.29. The Morgan fingerprint density at radius 2 is 1.86 bits per heavy atom. The molecule has 2 unspecified atom stereocenters. The number of esters is 1. The highest BCUT2D eigenvalue weighted by Gasteiger charge is 2.23. The van der Waals surface area contributed by atoms with Gasteiger partial charge in [-0.15, -0.1) is 0 Å². The lowest BCUT2D eigenvalue weighted by Gasteiger charge is -2.18. The Labute approximate surface area is 170 Å². The number of carbonyl (C=O) groups is 5. The van der Waals surface area contributed by atoms with E-state index in [1.54, 1.807) is 6.92 Å². The molecule has 0 saturated heterocycles. The molecule has 0 rings (SSSR count). The van der Waals surface area contributed by atoms with Crippen LogP contribution >= 0.6 is 11.8 Å². The molecule has 13 nitrogen and oxygen atoms in total. The van der Waals surface area contributed by atoms with E-state index in [1.807, 2.05) is 0 Å². The van der Waals surface area contributed by atoms with Gasteiger partial charge in [-0.3, -0.25) is 19.2 Å². The van der Waals surface area contributed by atoms with Gasteiger partial charge in [0.2, 0.25) is 11.8 Å². The number of amides is 2. The van der Waals surface area contributed by atoms with E-state index < -0.39 is 48.4 Å². The zero-order valence-electron chi connectivity index (χ0n) is 15.6. The standard InChI is InChI=1S/C15H24N4O9S/c1-2-28-15(26)10(19-27)7-29-6-9(13(23)17-5-12(21)22)18-11(20)4-3-8(16)14(24)25/h8-9,27H,2-7,16H2,1H3,(H,17,23)(H,18,20)(H,21,22)(H,24,25)/b19-10-. The third-order valence-electron chi connectivity index (χ3n) is 3.22. The monoisotopic (exact) mass is 436 g/mol. The zero-order valence-corrected chi connectivity index (χ0v) is 16.4. The first-order valence-electron chi connectivity index (χ1n) is 8.35. The topological polar surface area (TPSA) is 218 Å². The van der Waals surface area contributed by atoms with Gasteiger partial charge in [-0.05, 0) is 13.3 Å². The van der Waals surface area contributed by atoms with E-state index in [4.69, 9.17) is 21.2 Å². The molecule has 0 bridgehead atoms.